The third-order valence-electron chi connectivity index (χ3n) is 3.15. The highest BCUT2D eigenvalue weighted by atomic mass is 35.5. The van der Waals surface area contributed by atoms with E-state index in [1.54, 1.807) is 12.1 Å². The number of unbranched alkanes of at least 4 members (excludes halogenated alkanes) is 1. The van der Waals surface area contributed by atoms with Crippen LogP contribution in [0.3, 0.4) is 0 Å². The lowest BCUT2D eigenvalue weighted by Crippen LogP contribution is -2.43. The highest BCUT2D eigenvalue weighted by molar-refractivity contribution is 6.35. The van der Waals surface area contributed by atoms with Crippen LogP contribution >= 0.6 is 23.2 Å². The molecule has 3 nitrogen and oxygen atoms in total. The topological polar surface area (TPSA) is 41.1 Å². The van der Waals surface area contributed by atoms with Crippen LogP contribution in [-0.4, -0.2) is 18.5 Å². The molecule has 112 valence electrons. The van der Waals surface area contributed by atoms with Crippen molar-refractivity contribution in [3.05, 3.63) is 33.8 Å². The van der Waals surface area contributed by atoms with E-state index >= 15 is 0 Å². The first-order chi connectivity index (χ1) is 9.45. The Balaban J connectivity index is 2.56. The van der Waals surface area contributed by atoms with Crippen molar-refractivity contribution >= 4 is 29.1 Å². The van der Waals surface area contributed by atoms with Crippen molar-refractivity contribution in [2.75, 3.05) is 6.54 Å². The van der Waals surface area contributed by atoms with Gasteiger partial charge in [-0.05, 0) is 38.0 Å². The number of nitrogens with one attached hydrogen (secondary N) is 2. The lowest BCUT2D eigenvalue weighted by atomic mass is 10.1. The molecule has 2 unspecified atom stereocenters. The summed E-state index contributed by atoms with van der Waals surface area (Å²) in [7, 11) is 0. The predicted octanol–water partition coefficient (Wildman–Crippen LogP) is 3.95. The van der Waals surface area contributed by atoms with Gasteiger partial charge in [-0.15, -0.1) is 0 Å². The summed E-state index contributed by atoms with van der Waals surface area (Å²) >= 11 is 12.0. The number of hydrogen-bond acceptors (Lipinski definition) is 2. The number of hydrogen-bond donors (Lipinski definition) is 2. The summed E-state index contributed by atoms with van der Waals surface area (Å²) in [5, 5.41) is 7.37. The van der Waals surface area contributed by atoms with Gasteiger partial charge in [0.15, 0.2) is 0 Å². The third kappa shape index (κ3) is 5.31. The van der Waals surface area contributed by atoms with Gasteiger partial charge in [-0.3, -0.25) is 10.1 Å². The van der Waals surface area contributed by atoms with E-state index in [2.05, 4.69) is 17.6 Å². The Bertz CT molecular complexity index is 451. The molecule has 1 aromatic rings. The first-order valence-corrected chi connectivity index (χ1v) is 7.70. The van der Waals surface area contributed by atoms with Crippen LogP contribution in [0.1, 0.15) is 45.2 Å². The molecular formula is C15H22Cl2N2O. The van der Waals surface area contributed by atoms with Gasteiger partial charge in [-0.25, -0.2) is 0 Å². The summed E-state index contributed by atoms with van der Waals surface area (Å²) in [5.41, 5.74) is 0.935. The fraction of sp³-hybridized carbons (Fsp3) is 0.533. The second-order valence-electron chi connectivity index (χ2n) is 4.92. The summed E-state index contributed by atoms with van der Waals surface area (Å²) < 4.78 is 0. The van der Waals surface area contributed by atoms with Gasteiger partial charge >= 0.3 is 0 Å². The molecule has 1 aromatic carbocycles. The number of amides is 1. The van der Waals surface area contributed by atoms with E-state index in [0.717, 1.165) is 24.9 Å². The Morgan fingerprint density at radius 2 is 2.00 bits per heavy atom. The van der Waals surface area contributed by atoms with E-state index in [1.165, 1.54) is 0 Å². The third-order valence-corrected chi connectivity index (χ3v) is 3.71. The second-order valence-corrected chi connectivity index (χ2v) is 5.76. The van der Waals surface area contributed by atoms with Crippen LogP contribution in [0.2, 0.25) is 10.0 Å². The maximum atomic E-state index is 11.9. The molecule has 1 rings (SSSR count). The quantitative estimate of drug-likeness (QED) is 0.748. The molecule has 0 aliphatic rings. The van der Waals surface area contributed by atoms with Crippen molar-refractivity contribution in [3.8, 4) is 0 Å². The van der Waals surface area contributed by atoms with E-state index in [-0.39, 0.29) is 18.0 Å². The fourth-order valence-corrected chi connectivity index (χ4v) is 2.51. The minimum atomic E-state index is -0.270. The molecule has 5 heteroatoms. The Morgan fingerprint density at radius 1 is 1.30 bits per heavy atom. The van der Waals surface area contributed by atoms with E-state index in [4.69, 9.17) is 23.2 Å². The normalized spacial score (nSPS) is 13.8. The molecule has 0 heterocycles. The van der Waals surface area contributed by atoms with Crippen molar-refractivity contribution in [1.29, 1.82) is 0 Å². The number of benzene rings is 1. The number of rotatable bonds is 7. The number of halogens is 2. The molecule has 0 aliphatic carbocycles. The Hall–Kier alpha value is -0.770. The van der Waals surface area contributed by atoms with Crippen LogP contribution in [0.15, 0.2) is 18.2 Å². The van der Waals surface area contributed by atoms with Crippen molar-refractivity contribution in [2.45, 2.75) is 45.7 Å². The average Bonchev–Trinajstić information content (AvgIpc) is 2.38. The fourth-order valence-electron chi connectivity index (χ4n) is 1.93. The molecule has 0 spiro atoms. The zero-order chi connectivity index (χ0) is 15.1. The van der Waals surface area contributed by atoms with Crippen molar-refractivity contribution in [1.82, 2.24) is 10.6 Å². The van der Waals surface area contributed by atoms with Crippen LogP contribution in [0.25, 0.3) is 0 Å². The second kappa shape index (κ2) is 8.50. The summed E-state index contributed by atoms with van der Waals surface area (Å²) in [6, 6.07) is 5.10. The summed E-state index contributed by atoms with van der Waals surface area (Å²) in [5.74, 6) is 0.00962. The van der Waals surface area contributed by atoms with Gasteiger partial charge in [0.05, 0.1) is 6.04 Å². The first kappa shape index (κ1) is 17.3. The summed E-state index contributed by atoms with van der Waals surface area (Å²) in [6.07, 6.45) is 2.07. The van der Waals surface area contributed by atoms with Crippen LogP contribution in [0, 0.1) is 0 Å². The number of carbonyl (C=O) groups excluding carboxylic acids is 1. The SMILES string of the molecule is CCCCNC(=O)C(C)NC(C)c1ccc(Cl)cc1Cl. The lowest BCUT2D eigenvalue weighted by molar-refractivity contribution is -0.122. The van der Waals surface area contributed by atoms with Gasteiger partial charge in [-0.1, -0.05) is 42.6 Å². The Labute approximate surface area is 131 Å². The lowest BCUT2D eigenvalue weighted by Gasteiger charge is -2.21. The first-order valence-electron chi connectivity index (χ1n) is 6.94. The van der Waals surface area contributed by atoms with E-state index < -0.39 is 0 Å². The van der Waals surface area contributed by atoms with Gasteiger partial charge in [0.2, 0.25) is 5.91 Å². The standard InChI is InChI=1S/C15H22Cl2N2O/c1-4-5-8-18-15(20)11(3)19-10(2)13-7-6-12(16)9-14(13)17/h6-7,9-11,19H,4-5,8H2,1-3H3,(H,18,20). The molecular weight excluding hydrogens is 295 g/mol. The van der Waals surface area contributed by atoms with Crippen molar-refractivity contribution in [3.63, 3.8) is 0 Å². The molecule has 0 radical (unpaired) electrons. The number of carbonyl (C=O) groups is 1. The van der Waals surface area contributed by atoms with Crippen LogP contribution in [0.5, 0.6) is 0 Å². The van der Waals surface area contributed by atoms with E-state index in [1.807, 2.05) is 19.9 Å². The summed E-state index contributed by atoms with van der Waals surface area (Å²) in [4.78, 5) is 11.9. The van der Waals surface area contributed by atoms with Gasteiger partial charge in [0.1, 0.15) is 0 Å². The highest BCUT2D eigenvalue weighted by Gasteiger charge is 2.17. The molecule has 0 saturated heterocycles. The van der Waals surface area contributed by atoms with Gasteiger partial charge in [0.25, 0.3) is 0 Å². The van der Waals surface area contributed by atoms with Crippen molar-refractivity contribution in [2.24, 2.45) is 0 Å². The Morgan fingerprint density at radius 3 is 2.60 bits per heavy atom. The van der Waals surface area contributed by atoms with Gasteiger partial charge in [-0.2, -0.15) is 0 Å². The van der Waals surface area contributed by atoms with Gasteiger partial charge < -0.3 is 5.32 Å². The van der Waals surface area contributed by atoms with Crippen LogP contribution in [0.4, 0.5) is 0 Å². The minimum Gasteiger partial charge on any atom is -0.355 e. The largest absolute Gasteiger partial charge is 0.355 e. The molecule has 0 fully saturated rings. The molecule has 2 N–H and O–H groups in total. The maximum absolute atomic E-state index is 11.9. The predicted molar refractivity (Wildman–Crippen MR) is 85.4 cm³/mol. The molecule has 0 saturated carbocycles. The van der Waals surface area contributed by atoms with E-state index in [0.29, 0.717) is 10.0 Å². The van der Waals surface area contributed by atoms with Crippen LogP contribution in [-0.2, 0) is 4.79 Å². The van der Waals surface area contributed by atoms with Crippen molar-refractivity contribution < 1.29 is 4.79 Å². The highest BCUT2D eigenvalue weighted by Crippen LogP contribution is 2.26. The average molecular weight is 317 g/mol. The zero-order valence-electron chi connectivity index (χ0n) is 12.2. The maximum Gasteiger partial charge on any atom is 0.236 e. The molecule has 0 aliphatic heterocycles. The van der Waals surface area contributed by atoms with Crippen LogP contribution < -0.4 is 10.6 Å². The summed E-state index contributed by atoms with van der Waals surface area (Å²) in [6.45, 7) is 6.64. The Kier molecular flexibility index (Phi) is 7.35. The molecule has 0 bridgehead atoms. The minimum absolute atomic E-state index is 0.00962. The van der Waals surface area contributed by atoms with Gasteiger partial charge in [0, 0.05) is 22.6 Å². The smallest absolute Gasteiger partial charge is 0.236 e. The zero-order valence-corrected chi connectivity index (χ0v) is 13.7. The monoisotopic (exact) mass is 316 g/mol. The molecule has 1 amide bonds. The van der Waals surface area contributed by atoms with E-state index in [9.17, 15) is 4.79 Å². The molecule has 20 heavy (non-hydrogen) atoms. The molecule has 0 aromatic heterocycles. The molecule has 2 atom stereocenters.